The van der Waals surface area contributed by atoms with E-state index >= 15 is 0 Å². The molecule has 0 saturated heterocycles. The molecule has 0 unspecified atom stereocenters. The predicted molar refractivity (Wildman–Crippen MR) is 275 cm³/mol. The zero-order valence-electron chi connectivity index (χ0n) is 43.9. The van der Waals surface area contributed by atoms with Crippen LogP contribution in [0, 0.1) is 11.8 Å². The van der Waals surface area contributed by atoms with Crippen LogP contribution in [0.15, 0.2) is 0 Å². The molecule has 380 valence electrons. The van der Waals surface area contributed by atoms with E-state index in [9.17, 15) is 14.4 Å². The van der Waals surface area contributed by atoms with Crippen molar-refractivity contribution < 1.29 is 28.6 Å². The van der Waals surface area contributed by atoms with E-state index in [2.05, 4.69) is 34.6 Å². The summed E-state index contributed by atoms with van der Waals surface area (Å²) in [6, 6.07) is 0. The Morgan fingerprint density at radius 3 is 0.766 bits per heavy atom. The van der Waals surface area contributed by atoms with Crippen molar-refractivity contribution in [2.24, 2.45) is 11.8 Å². The Hall–Kier alpha value is -1.59. The lowest BCUT2D eigenvalue weighted by molar-refractivity contribution is -0.167. The molecule has 0 aliphatic rings. The number of carbonyl (C=O) groups is 3. The third kappa shape index (κ3) is 51.4. The molecule has 0 N–H and O–H groups in total. The van der Waals surface area contributed by atoms with E-state index in [1.54, 1.807) is 0 Å². The normalized spacial score (nSPS) is 12.0. The lowest BCUT2D eigenvalue weighted by Gasteiger charge is -2.18. The van der Waals surface area contributed by atoms with Gasteiger partial charge in [-0.15, -0.1) is 0 Å². The molecule has 0 aromatic carbocycles. The molecule has 0 rings (SSSR count). The molecule has 0 bridgehead atoms. The van der Waals surface area contributed by atoms with Gasteiger partial charge < -0.3 is 14.2 Å². The van der Waals surface area contributed by atoms with Crippen LogP contribution in [0.3, 0.4) is 0 Å². The standard InChI is InChI=1S/C58H112O6/c1-6-7-8-9-10-11-12-13-14-15-16-17-18-23-26-29-34-40-45-50-58(61)64-55(52-63-57(60)49-44-39-35-30-32-37-42-47-54(4)5)51-62-56(59)48-43-38-33-28-25-22-20-19-21-24-27-31-36-41-46-53(2)3/h53-55H,6-52H2,1-5H3/t55-/m0/s1. The lowest BCUT2D eigenvalue weighted by atomic mass is 10.0. The molecule has 6 heteroatoms. The topological polar surface area (TPSA) is 78.9 Å². The maximum Gasteiger partial charge on any atom is 0.306 e. The van der Waals surface area contributed by atoms with Gasteiger partial charge in [0.05, 0.1) is 0 Å². The van der Waals surface area contributed by atoms with Gasteiger partial charge in [-0.2, -0.15) is 0 Å². The number of hydrogen-bond acceptors (Lipinski definition) is 6. The third-order valence-corrected chi connectivity index (χ3v) is 13.2. The smallest absolute Gasteiger partial charge is 0.306 e. The molecule has 64 heavy (non-hydrogen) atoms. The summed E-state index contributed by atoms with van der Waals surface area (Å²) < 4.78 is 16.9. The molecule has 0 amide bonds. The summed E-state index contributed by atoms with van der Waals surface area (Å²) >= 11 is 0. The Balaban J connectivity index is 4.24. The van der Waals surface area contributed by atoms with Crippen molar-refractivity contribution >= 4 is 17.9 Å². The van der Waals surface area contributed by atoms with Crippen molar-refractivity contribution in [1.29, 1.82) is 0 Å². The van der Waals surface area contributed by atoms with Crippen LogP contribution in [-0.4, -0.2) is 37.2 Å². The van der Waals surface area contributed by atoms with Gasteiger partial charge in [0, 0.05) is 19.3 Å². The first-order valence-electron chi connectivity index (χ1n) is 28.7. The van der Waals surface area contributed by atoms with Gasteiger partial charge in [0.1, 0.15) is 13.2 Å². The highest BCUT2D eigenvalue weighted by molar-refractivity contribution is 5.71. The van der Waals surface area contributed by atoms with Crippen molar-refractivity contribution in [3.05, 3.63) is 0 Å². The number of rotatable bonds is 52. The average Bonchev–Trinajstić information content (AvgIpc) is 3.27. The Morgan fingerprint density at radius 2 is 0.516 bits per heavy atom. The number of hydrogen-bond donors (Lipinski definition) is 0. The molecule has 0 saturated carbocycles. The average molecular weight is 906 g/mol. The van der Waals surface area contributed by atoms with Crippen LogP contribution in [0.5, 0.6) is 0 Å². The number of carbonyl (C=O) groups excluding carboxylic acids is 3. The van der Waals surface area contributed by atoms with Gasteiger partial charge in [0.2, 0.25) is 0 Å². The molecule has 0 aromatic rings. The summed E-state index contributed by atoms with van der Waals surface area (Å²) in [5, 5.41) is 0. The first-order valence-corrected chi connectivity index (χ1v) is 28.7. The van der Waals surface area contributed by atoms with E-state index in [-0.39, 0.29) is 31.1 Å². The molecule has 0 radical (unpaired) electrons. The fraction of sp³-hybridized carbons (Fsp3) is 0.948. The van der Waals surface area contributed by atoms with E-state index in [1.807, 2.05) is 0 Å². The first kappa shape index (κ1) is 62.4. The van der Waals surface area contributed by atoms with Gasteiger partial charge in [0.15, 0.2) is 6.10 Å². The highest BCUT2D eigenvalue weighted by Crippen LogP contribution is 2.18. The maximum absolute atomic E-state index is 12.8. The van der Waals surface area contributed by atoms with E-state index in [0.29, 0.717) is 19.3 Å². The summed E-state index contributed by atoms with van der Waals surface area (Å²) in [6.07, 6.45) is 53.9. The Bertz CT molecular complexity index is 978. The Kier molecular flexibility index (Phi) is 49.6. The molecular weight excluding hydrogens is 793 g/mol. The second-order valence-electron chi connectivity index (χ2n) is 20.9. The summed E-state index contributed by atoms with van der Waals surface area (Å²) in [4.78, 5) is 38.1. The molecule has 0 aliphatic heterocycles. The van der Waals surface area contributed by atoms with Crippen molar-refractivity contribution in [2.45, 2.75) is 330 Å². The molecule has 0 aromatic heterocycles. The number of esters is 3. The first-order chi connectivity index (χ1) is 31.2. The molecule has 6 nitrogen and oxygen atoms in total. The summed E-state index contributed by atoms with van der Waals surface area (Å²) in [7, 11) is 0. The van der Waals surface area contributed by atoms with E-state index in [1.165, 1.54) is 212 Å². The molecular formula is C58H112O6. The van der Waals surface area contributed by atoms with Crippen molar-refractivity contribution in [3.8, 4) is 0 Å². The van der Waals surface area contributed by atoms with Crippen molar-refractivity contribution in [1.82, 2.24) is 0 Å². The van der Waals surface area contributed by atoms with Gasteiger partial charge >= 0.3 is 17.9 Å². The molecule has 0 aliphatic carbocycles. The van der Waals surface area contributed by atoms with Crippen LogP contribution < -0.4 is 0 Å². The summed E-state index contributed by atoms with van der Waals surface area (Å²) in [6.45, 7) is 11.4. The quantitative estimate of drug-likeness (QED) is 0.0344. The predicted octanol–water partition coefficient (Wildman–Crippen LogP) is 18.9. The van der Waals surface area contributed by atoms with Gasteiger partial charge in [0.25, 0.3) is 0 Å². The summed E-state index contributed by atoms with van der Waals surface area (Å²) in [5.74, 6) is 0.782. The molecule has 0 heterocycles. The number of ether oxygens (including phenoxy) is 3. The molecule has 0 fully saturated rings. The third-order valence-electron chi connectivity index (χ3n) is 13.2. The molecule has 0 spiro atoms. The van der Waals surface area contributed by atoms with Crippen LogP contribution in [0.25, 0.3) is 0 Å². The van der Waals surface area contributed by atoms with Crippen LogP contribution >= 0.6 is 0 Å². The van der Waals surface area contributed by atoms with Crippen LogP contribution in [-0.2, 0) is 28.6 Å². The Labute approximate surface area is 399 Å². The number of unbranched alkanes of at least 4 members (excludes halogenated alkanes) is 37. The minimum Gasteiger partial charge on any atom is -0.462 e. The highest BCUT2D eigenvalue weighted by atomic mass is 16.6. The minimum absolute atomic E-state index is 0.0635. The van der Waals surface area contributed by atoms with E-state index in [4.69, 9.17) is 14.2 Å². The largest absolute Gasteiger partial charge is 0.462 e. The fourth-order valence-electron chi connectivity index (χ4n) is 8.87. The minimum atomic E-state index is -0.763. The second-order valence-corrected chi connectivity index (χ2v) is 20.9. The maximum atomic E-state index is 12.8. The lowest BCUT2D eigenvalue weighted by Crippen LogP contribution is -2.30. The van der Waals surface area contributed by atoms with Gasteiger partial charge in [-0.05, 0) is 31.1 Å². The van der Waals surface area contributed by atoms with Gasteiger partial charge in [-0.3, -0.25) is 14.4 Å². The van der Waals surface area contributed by atoms with Gasteiger partial charge in [-0.25, -0.2) is 0 Å². The Morgan fingerprint density at radius 1 is 0.297 bits per heavy atom. The van der Waals surface area contributed by atoms with Crippen LogP contribution in [0.4, 0.5) is 0 Å². The van der Waals surface area contributed by atoms with Crippen molar-refractivity contribution in [2.75, 3.05) is 13.2 Å². The van der Waals surface area contributed by atoms with Crippen LogP contribution in [0.2, 0.25) is 0 Å². The zero-order chi connectivity index (χ0) is 46.8. The zero-order valence-corrected chi connectivity index (χ0v) is 43.9. The summed E-state index contributed by atoms with van der Waals surface area (Å²) in [5.41, 5.74) is 0. The monoisotopic (exact) mass is 905 g/mol. The van der Waals surface area contributed by atoms with E-state index in [0.717, 1.165) is 69.6 Å². The second kappa shape index (κ2) is 50.8. The van der Waals surface area contributed by atoms with E-state index < -0.39 is 6.10 Å². The van der Waals surface area contributed by atoms with Crippen molar-refractivity contribution in [3.63, 3.8) is 0 Å². The SMILES string of the molecule is CCCCCCCCCCCCCCCCCCCCCC(=O)O[C@@H](COC(=O)CCCCCCCCCCCCCCCCC(C)C)COC(=O)CCCCCCCCCC(C)C. The van der Waals surface area contributed by atoms with Gasteiger partial charge in [-0.1, -0.05) is 285 Å². The highest BCUT2D eigenvalue weighted by Gasteiger charge is 2.19. The molecule has 1 atom stereocenters. The fourth-order valence-corrected chi connectivity index (χ4v) is 8.87. The van der Waals surface area contributed by atoms with Crippen LogP contribution in [0.1, 0.15) is 324 Å².